The van der Waals surface area contributed by atoms with E-state index in [1.54, 1.807) is 20.4 Å². The summed E-state index contributed by atoms with van der Waals surface area (Å²) in [5.41, 5.74) is 1.74. The van der Waals surface area contributed by atoms with Crippen molar-refractivity contribution in [1.29, 1.82) is 5.26 Å². The first-order chi connectivity index (χ1) is 32.3. The van der Waals surface area contributed by atoms with Gasteiger partial charge in [-0.3, -0.25) is 9.36 Å². The molecule has 0 radical (unpaired) electrons. The number of aryl methyl sites for hydroxylation is 1. The number of ketones is 1. The molecule has 15 nitrogen and oxygen atoms in total. The van der Waals surface area contributed by atoms with Gasteiger partial charge in [0, 0.05) is 43.2 Å². The number of nitrogens with zero attached hydrogens (tertiary/aromatic N) is 4. The Morgan fingerprint density at radius 2 is 1.51 bits per heavy atom. The summed E-state index contributed by atoms with van der Waals surface area (Å²) in [6.07, 6.45) is 3.86. The highest BCUT2D eigenvalue weighted by Gasteiger charge is 2.45. The van der Waals surface area contributed by atoms with E-state index in [4.69, 9.17) is 32.7 Å². The first kappa shape index (κ1) is 52.8. The molecule has 4 aromatic rings. The molecule has 1 N–H and O–H groups in total. The molecule has 0 amide bonds. The molecule has 1 aliphatic rings. The third kappa shape index (κ3) is 14.6. The number of hydrogen-bond donors (Lipinski definition) is 1. The van der Waals surface area contributed by atoms with E-state index in [-0.39, 0.29) is 56.3 Å². The minimum absolute atomic E-state index is 0.0324. The molecule has 1 fully saturated rings. The highest BCUT2D eigenvalue weighted by Crippen LogP contribution is 2.51. The quantitative estimate of drug-likeness (QED) is 0.0247. The summed E-state index contributed by atoms with van der Waals surface area (Å²) in [6, 6.07) is 27.9. The molecule has 1 unspecified atom stereocenters. The number of carbonyl (C=O) groups excluding carboxylic acids is 2. The van der Waals surface area contributed by atoms with Gasteiger partial charge >= 0.3 is 11.7 Å². The molecule has 0 bridgehead atoms. The third-order valence-electron chi connectivity index (χ3n) is 11.5. The Labute approximate surface area is 397 Å². The average molecular weight is 942 g/mol. The normalized spacial score (nSPS) is 16.5. The van der Waals surface area contributed by atoms with Crippen LogP contribution in [0.15, 0.2) is 89.9 Å². The van der Waals surface area contributed by atoms with Crippen LogP contribution in [0.3, 0.4) is 0 Å². The lowest BCUT2D eigenvalue weighted by atomic mass is 9.80. The Hall–Kier alpha value is -5.20. The van der Waals surface area contributed by atoms with Crippen LogP contribution in [0.2, 0.25) is 0 Å². The number of aromatic nitrogens is 2. The number of anilines is 1. The second kappa shape index (κ2) is 26.4. The number of methoxy groups -OCH3 is 2. The van der Waals surface area contributed by atoms with Crippen molar-refractivity contribution in [2.45, 2.75) is 129 Å². The van der Waals surface area contributed by atoms with Crippen LogP contribution in [0, 0.1) is 18.3 Å². The molecular formula is C51H68N5O10P. The van der Waals surface area contributed by atoms with E-state index in [2.05, 4.69) is 48.7 Å². The van der Waals surface area contributed by atoms with Crippen LogP contribution in [-0.4, -0.2) is 90.9 Å². The fourth-order valence-corrected chi connectivity index (χ4v) is 9.86. The Balaban J connectivity index is 1.42. The number of hydrogen-bond acceptors (Lipinski definition) is 14. The Morgan fingerprint density at radius 1 is 0.896 bits per heavy atom. The van der Waals surface area contributed by atoms with Gasteiger partial charge in [0.15, 0.2) is 0 Å². The van der Waals surface area contributed by atoms with Crippen LogP contribution < -0.4 is 20.5 Å². The van der Waals surface area contributed by atoms with Crippen LogP contribution in [0.5, 0.6) is 11.5 Å². The average Bonchev–Trinajstić information content (AvgIpc) is 3.72. The topological polar surface area (TPSA) is 173 Å². The Kier molecular flexibility index (Phi) is 20.8. The van der Waals surface area contributed by atoms with Gasteiger partial charge in [0.05, 0.1) is 59.1 Å². The minimum atomic E-state index is -1.69. The number of esters is 1. The van der Waals surface area contributed by atoms with E-state index in [9.17, 15) is 19.6 Å². The zero-order chi connectivity index (χ0) is 48.3. The van der Waals surface area contributed by atoms with Gasteiger partial charge in [-0.15, -0.1) is 0 Å². The maximum absolute atomic E-state index is 13.9. The molecule has 0 aliphatic carbocycles. The molecule has 5 rings (SSSR count). The fraction of sp³-hybridized carbons (Fsp3) is 0.510. The molecule has 1 saturated heterocycles. The smallest absolute Gasteiger partial charge is 0.351 e. The summed E-state index contributed by atoms with van der Waals surface area (Å²) >= 11 is 0. The lowest BCUT2D eigenvalue weighted by Gasteiger charge is -2.39. The van der Waals surface area contributed by atoms with Crippen LogP contribution in [-0.2, 0) is 38.4 Å². The van der Waals surface area contributed by atoms with Crippen LogP contribution in [0.25, 0.3) is 0 Å². The molecule has 3 aromatic carbocycles. The lowest BCUT2D eigenvalue weighted by molar-refractivity contribution is -0.144. The minimum Gasteiger partial charge on any atom is -0.497 e. The van der Waals surface area contributed by atoms with E-state index in [0.717, 1.165) is 47.9 Å². The maximum Gasteiger partial charge on any atom is 0.351 e. The van der Waals surface area contributed by atoms with Gasteiger partial charge in [-0.2, -0.15) is 10.2 Å². The number of unbranched alkanes of at least 4 members (excludes halogenated alkanes) is 3. The van der Waals surface area contributed by atoms with Crippen molar-refractivity contribution in [3.05, 3.63) is 118 Å². The van der Waals surface area contributed by atoms with Crippen molar-refractivity contribution in [3.8, 4) is 17.6 Å². The highest BCUT2D eigenvalue weighted by molar-refractivity contribution is 7.44. The molecule has 67 heavy (non-hydrogen) atoms. The molecule has 2 heterocycles. The maximum atomic E-state index is 13.9. The van der Waals surface area contributed by atoms with Gasteiger partial charge in [0.2, 0.25) is 0 Å². The summed E-state index contributed by atoms with van der Waals surface area (Å²) in [4.78, 5) is 41.3. The summed E-state index contributed by atoms with van der Waals surface area (Å²) in [5, 5.41) is 12.7. The van der Waals surface area contributed by atoms with E-state index in [0.29, 0.717) is 36.9 Å². The van der Waals surface area contributed by atoms with Gasteiger partial charge in [0.1, 0.15) is 41.0 Å². The van der Waals surface area contributed by atoms with Crippen molar-refractivity contribution in [1.82, 2.24) is 14.2 Å². The van der Waals surface area contributed by atoms with E-state index in [1.807, 2.05) is 85.8 Å². The zero-order valence-corrected chi connectivity index (χ0v) is 41.2. The van der Waals surface area contributed by atoms with Crippen molar-refractivity contribution in [2.24, 2.45) is 0 Å². The first-order valence-corrected chi connectivity index (χ1v) is 24.3. The molecule has 16 heteroatoms. The standard InChI is InChI=1S/C51H68N5O10P/c1-36(2)56(37(3)4)67(64-32-16-29-52)66-45-33-47(55-34-38(5)49(54-50(55)59)53-30-14-9-10-15-31-62-48(58)28-19-39(6)57)65-46(45)35-63-51(40-17-12-11-13-18-40,41-20-24-43(60-7)25-21-41)42-22-26-44(61-8)27-23-42/h11-13,17-18,20-27,34,36-37,45-47H,9-10,14-16,19,28,30-33,35H2,1-8H3,(H,53,54,59)/t45-,46-,47-,67?/m1/s1. The largest absolute Gasteiger partial charge is 0.497 e. The number of benzene rings is 3. The van der Waals surface area contributed by atoms with Gasteiger partial charge in [-0.25, -0.2) is 9.46 Å². The molecule has 1 aliphatic heterocycles. The Morgan fingerprint density at radius 3 is 2.09 bits per heavy atom. The molecule has 362 valence electrons. The highest BCUT2D eigenvalue weighted by atomic mass is 31.2. The number of carbonyl (C=O) groups is 2. The lowest BCUT2D eigenvalue weighted by Crippen LogP contribution is -2.39. The first-order valence-electron chi connectivity index (χ1n) is 23.2. The Bertz CT molecular complexity index is 2200. The SMILES string of the molecule is COc1ccc(C(OC[C@H]2O[C@@H](n3cc(C)c(NCCCCCCOC(=O)CCC(C)=O)nc3=O)C[C@H]2OP(OCCC#N)N(C(C)C)C(C)C)(c2ccccc2)c2ccc(OC)cc2)cc1. The number of nitrogens with one attached hydrogen (secondary N) is 1. The van der Waals surface area contributed by atoms with Crippen molar-refractivity contribution < 1.29 is 42.3 Å². The molecule has 4 atom stereocenters. The summed E-state index contributed by atoms with van der Waals surface area (Å²) < 4.78 is 47.6. The van der Waals surface area contributed by atoms with Gasteiger partial charge in [0.25, 0.3) is 8.53 Å². The van der Waals surface area contributed by atoms with Crippen LogP contribution in [0.4, 0.5) is 5.82 Å². The number of ether oxygens (including phenoxy) is 5. The van der Waals surface area contributed by atoms with E-state index >= 15 is 0 Å². The fourth-order valence-electron chi connectivity index (χ4n) is 8.10. The number of rotatable bonds is 28. The molecule has 0 spiro atoms. The third-order valence-corrected chi connectivity index (χ3v) is 13.6. The van der Waals surface area contributed by atoms with Crippen molar-refractivity contribution in [3.63, 3.8) is 0 Å². The van der Waals surface area contributed by atoms with Gasteiger partial charge in [-0.05, 0) is 102 Å². The van der Waals surface area contributed by atoms with Gasteiger partial charge < -0.3 is 42.8 Å². The van der Waals surface area contributed by atoms with Crippen molar-refractivity contribution >= 4 is 26.1 Å². The molecule has 0 saturated carbocycles. The molecule has 1 aromatic heterocycles. The monoisotopic (exact) mass is 941 g/mol. The predicted octanol–water partition coefficient (Wildman–Crippen LogP) is 9.41. The summed E-state index contributed by atoms with van der Waals surface area (Å²) in [6.45, 7) is 12.9. The van der Waals surface area contributed by atoms with Crippen LogP contribution >= 0.6 is 8.53 Å². The number of nitriles is 1. The van der Waals surface area contributed by atoms with Crippen LogP contribution in [0.1, 0.15) is 114 Å². The summed E-state index contributed by atoms with van der Waals surface area (Å²) in [7, 11) is 1.58. The molecular weight excluding hydrogens is 874 g/mol. The van der Waals surface area contributed by atoms with Gasteiger partial charge in [-0.1, -0.05) is 61.0 Å². The van der Waals surface area contributed by atoms with E-state index in [1.165, 1.54) is 11.5 Å². The van der Waals surface area contributed by atoms with Crippen molar-refractivity contribution in [2.75, 3.05) is 45.9 Å². The second-order valence-corrected chi connectivity index (χ2v) is 18.5. The zero-order valence-electron chi connectivity index (χ0n) is 40.3. The predicted molar refractivity (Wildman–Crippen MR) is 258 cm³/mol. The second-order valence-electron chi connectivity index (χ2n) is 17.1. The van der Waals surface area contributed by atoms with E-state index < -0.39 is 38.3 Å². The number of Topliss-reactive ketones (excluding diaryl/α,β-unsaturated/α-hetero) is 1. The summed E-state index contributed by atoms with van der Waals surface area (Å²) in [5.74, 6) is 1.52.